The van der Waals surface area contributed by atoms with Crippen molar-refractivity contribution in [2.24, 2.45) is 5.92 Å². The van der Waals surface area contributed by atoms with Crippen molar-refractivity contribution >= 4 is 6.09 Å². The Labute approximate surface area is 163 Å². The van der Waals surface area contributed by atoms with Gasteiger partial charge in [0, 0.05) is 20.1 Å². The summed E-state index contributed by atoms with van der Waals surface area (Å²) in [4.78, 5) is 16.3. The van der Waals surface area contributed by atoms with E-state index in [9.17, 15) is 4.79 Å². The highest BCUT2D eigenvalue weighted by molar-refractivity contribution is 5.70. The summed E-state index contributed by atoms with van der Waals surface area (Å²) in [6, 6.07) is 17.9. The van der Waals surface area contributed by atoms with Crippen LogP contribution in [0.1, 0.15) is 37.3 Å². The Bertz CT molecular complexity index is 715. The van der Waals surface area contributed by atoms with Gasteiger partial charge in [0.1, 0.15) is 5.75 Å². The van der Waals surface area contributed by atoms with Crippen molar-refractivity contribution in [3.8, 4) is 5.75 Å². The van der Waals surface area contributed by atoms with E-state index in [0.717, 1.165) is 18.5 Å². The number of ether oxygens (including phenoxy) is 1. The van der Waals surface area contributed by atoms with E-state index in [-0.39, 0.29) is 6.09 Å². The molecule has 0 aliphatic carbocycles. The number of carbonyl (C=O) groups is 1. The molecule has 0 heterocycles. The number of amides is 1. The fourth-order valence-corrected chi connectivity index (χ4v) is 3.58. The van der Waals surface area contributed by atoms with Gasteiger partial charge in [0.15, 0.2) is 0 Å². The summed E-state index contributed by atoms with van der Waals surface area (Å²) in [5, 5.41) is 0. The molecule has 0 saturated carbocycles. The van der Waals surface area contributed by atoms with Crippen LogP contribution in [-0.2, 0) is 6.54 Å². The summed E-state index contributed by atoms with van der Waals surface area (Å²) in [7, 11) is 5.96. The van der Waals surface area contributed by atoms with Gasteiger partial charge in [-0.3, -0.25) is 0 Å². The van der Waals surface area contributed by atoms with E-state index in [4.69, 9.17) is 4.74 Å². The van der Waals surface area contributed by atoms with Gasteiger partial charge in [-0.2, -0.15) is 0 Å². The maximum Gasteiger partial charge on any atom is 0.415 e. The predicted molar refractivity (Wildman–Crippen MR) is 111 cm³/mol. The maximum absolute atomic E-state index is 12.4. The maximum atomic E-state index is 12.4. The lowest BCUT2D eigenvalue weighted by molar-refractivity contribution is 0.160. The zero-order valence-corrected chi connectivity index (χ0v) is 17.2. The average Bonchev–Trinajstić information content (AvgIpc) is 2.63. The normalized spacial score (nSPS) is 13.3. The van der Waals surface area contributed by atoms with Crippen LogP contribution in [0, 0.1) is 5.92 Å². The summed E-state index contributed by atoms with van der Waals surface area (Å²) in [6.07, 6.45) is 0.714. The molecule has 0 spiro atoms. The standard InChI is InChI=1S/C23H32N2O2/c1-6-22(18(2)16-24(3)4)20-13-10-14-21(15-20)27-23(26)25(5)17-19-11-8-7-9-12-19/h7-15,18,22H,6,16-17H2,1-5H3/t18-,22+/m0/s1. The Morgan fingerprint density at radius 2 is 1.74 bits per heavy atom. The summed E-state index contributed by atoms with van der Waals surface area (Å²) >= 11 is 0. The number of hydrogen-bond acceptors (Lipinski definition) is 3. The molecule has 0 unspecified atom stereocenters. The van der Waals surface area contributed by atoms with Crippen LogP contribution in [0.3, 0.4) is 0 Å². The molecule has 0 radical (unpaired) electrons. The summed E-state index contributed by atoms with van der Waals surface area (Å²) in [6.45, 7) is 6.04. The van der Waals surface area contributed by atoms with Gasteiger partial charge in [-0.25, -0.2) is 4.79 Å². The van der Waals surface area contributed by atoms with Crippen molar-refractivity contribution in [3.05, 3.63) is 65.7 Å². The van der Waals surface area contributed by atoms with Crippen LogP contribution in [0.2, 0.25) is 0 Å². The van der Waals surface area contributed by atoms with Gasteiger partial charge in [-0.15, -0.1) is 0 Å². The van der Waals surface area contributed by atoms with E-state index in [1.165, 1.54) is 5.56 Å². The molecule has 0 fully saturated rings. The molecule has 2 atom stereocenters. The van der Waals surface area contributed by atoms with Gasteiger partial charge in [-0.05, 0) is 55.6 Å². The highest BCUT2D eigenvalue weighted by Gasteiger charge is 2.19. The lowest BCUT2D eigenvalue weighted by Gasteiger charge is -2.26. The van der Waals surface area contributed by atoms with Crippen LogP contribution >= 0.6 is 0 Å². The third-order valence-electron chi connectivity index (χ3n) is 4.85. The van der Waals surface area contributed by atoms with E-state index in [1.807, 2.05) is 48.5 Å². The molecule has 0 bridgehead atoms. The molecule has 0 saturated heterocycles. The van der Waals surface area contributed by atoms with Crippen LogP contribution in [-0.4, -0.2) is 43.6 Å². The van der Waals surface area contributed by atoms with Gasteiger partial charge in [0.2, 0.25) is 0 Å². The Hall–Kier alpha value is -2.33. The van der Waals surface area contributed by atoms with Crippen molar-refractivity contribution < 1.29 is 9.53 Å². The molecule has 0 aliphatic heterocycles. The SMILES string of the molecule is CC[C@@H](c1cccc(OC(=O)N(C)Cc2ccccc2)c1)[C@@H](C)CN(C)C. The van der Waals surface area contributed by atoms with Crippen LogP contribution in [0.5, 0.6) is 5.75 Å². The third kappa shape index (κ3) is 6.40. The van der Waals surface area contributed by atoms with Crippen molar-refractivity contribution in [1.29, 1.82) is 0 Å². The fraction of sp³-hybridized carbons (Fsp3) is 0.435. The summed E-state index contributed by atoms with van der Waals surface area (Å²) in [5.74, 6) is 1.57. The van der Waals surface area contributed by atoms with Gasteiger partial charge in [0.25, 0.3) is 0 Å². The number of benzene rings is 2. The van der Waals surface area contributed by atoms with E-state index >= 15 is 0 Å². The lowest BCUT2D eigenvalue weighted by atomic mass is 9.85. The molecular formula is C23H32N2O2. The largest absolute Gasteiger partial charge is 0.415 e. The van der Waals surface area contributed by atoms with Crippen LogP contribution < -0.4 is 4.74 Å². The second-order valence-corrected chi connectivity index (χ2v) is 7.54. The highest BCUT2D eigenvalue weighted by Crippen LogP contribution is 2.30. The molecular weight excluding hydrogens is 336 g/mol. The quantitative estimate of drug-likeness (QED) is 0.657. The van der Waals surface area contributed by atoms with Gasteiger partial charge >= 0.3 is 6.09 Å². The highest BCUT2D eigenvalue weighted by atomic mass is 16.6. The molecule has 27 heavy (non-hydrogen) atoms. The van der Waals surface area contributed by atoms with E-state index < -0.39 is 0 Å². The zero-order chi connectivity index (χ0) is 19.8. The number of nitrogens with zero attached hydrogens (tertiary/aromatic N) is 2. The first-order chi connectivity index (χ1) is 12.9. The Morgan fingerprint density at radius 3 is 2.37 bits per heavy atom. The number of rotatable bonds is 8. The molecule has 2 rings (SSSR count). The van der Waals surface area contributed by atoms with Crippen LogP contribution in [0.4, 0.5) is 4.79 Å². The van der Waals surface area contributed by atoms with Gasteiger partial charge in [-0.1, -0.05) is 56.3 Å². The topological polar surface area (TPSA) is 32.8 Å². The minimum absolute atomic E-state index is 0.342. The third-order valence-corrected chi connectivity index (χ3v) is 4.85. The molecule has 4 heteroatoms. The van der Waals surface area contributed by atoms with Crippen LogP contribution in [0.25, 0.3) is 0 Å². The molecule has 2 aromatic carbocycles. The average molecular weight is 369 g/mol. The minimum Gasteiger partial charge on any atom is -0.410 e. The van der Waals surface area contributed by atoms with Gasteiger partial charge < -0.3 is 14.5 Å². The molecule has 0 aromatic heterocycles. The monoisotopic (exact) mass is 368 g/mol. The van der Waals surface area contributed by atoms with Gasteiger partial charge in [0.05, 0.1) is 0 Å². The first-order valence-corrected chi connectivity index (χ1v) is 9.62. The molecule has 1 amide bonds. The number of hydrogen-bond donors (Lipinski definition) is 0. The lowest BCUT2D eigenvalue weighted by Crippen LogP contribution is -2.29. The Kier molecular flexibility index (Phi) is 7.86. The second kappa shape index (κ2) is 10.1. The van der Waals surface area contributed by atoms with E-state index in [1.54, 1.807) is 11.9 Å². The van der Waals surface area contributed by atoms with Crippen molar-refractivity contribution in [3.63, 3.8) is 0 Å². The molecule has 0 N–H and O–H groups in total. The fourth-order valence-electron chi connectivity index (χ4n) is 3.58. The zero-order valence-electron chi connectivity index (χ0n) is 17.2. The Balaban J connectivity index is 2.04. The molecule has 4 nitrogen and oxygen atoms in total. The van der Waals surface area contributed by atoms with Crippen LogP contribution in [0.15, 0.2) is 54.6 Å². The summed E-state index contributed by atoms with van der Waals surface area (Å²) in [5.41, 5.74) is 2.30. The summed E-state index contributed by atoms with van der Waals surface area (Å²) < 4.78 is 5.62. The molecule has 146 valence electrons. The van der Waals surface area contributed by atoms with E-state index in [2.05, 4.69) is 38.9 Å². The first-order valence-electron chi connectivity index (χ1n) is 9.62. The predicted octanol–water partition coefficient (Wildman–Crippen LogP) is 5.01. The Morgan fingerprint density at radius 1 is 1.04 bits per heavy atom. The van der Waals surface area contributed by atoms with Crippen molar-refractivity contribution in [2.45, 2.75) is 32.7 Å². The first kappa shape index (κ1) is 21.0. The molecule has 2 aromatic rings. The molecule has 0 aliphatic rings. The number of carbonyl (C=O) groups excluding carboxylic acids is 1. The van der Waals surface area contributed by atoms with Crippen molar-refractivity contribution in [1.82, 2.24) is 9.80 Å². The van der Waals surface area contributed by atoms with Crippen molar-refractivity contribution in [2.75, 3.05) is 27.7 Å². The second-order valence-electron chi connectivity index (χ2n) is 7.54. The smallest absolute Gasteiger partial charge is 0.410 e. The minimum atomic E-state index is -0.342. The van der Waals surface area contributed by atoms with E-state index in [0.29, 0.717) is 24.1 Å².